The molecule has 1 aliphatic carbocycles. The first-order valence-corrected chi connectivity index (χ1v) is 8.14. The zero-order valence-electron chi connectivity index (χ0n) is 13.8. The number of nitrogens with zero attached hydrogens (tertiary/aromatic N) is 4. The molecule has 0 bridgehead atoms. The molecule has 1 aliphatic rings. The van der Waals surface area contributed by atoms with Gasteiger partial charge in [-0.1, -0.05) is 6.07 Å². The maximum atomic E-state index is 14.2. The minimum atomic E-state index is -2.86. The zero-order chi connectivity index (χ0) is 19.0. The van der Waals surface area contributed by atoms with Gasteiger partial charge in [0.25, 0.3) is 11.8 Å². The number of halogens is 4. The van der Waals surface area contributed by atoms with Crippen LogP contribution in [0.4, 0.5) is 23.5 Å². The Kier molecular flexibility index (Phi) is 4.25. The Balaban J connectivity index is 1.56. The fourth-order valence-electron chi connectivity index (χ4n) is 3.03. The Morgan fingerprint density at radius 2 is 1.81 bits per heavy atom. The van der Waals surface area contributed by atoms with Crippen molar-refractivity contribution in [2.45, 2.75) is 31.2 Å². The summed E-state index contributed by atoms with van der Waals surface area (Å²) in [6.07, 6.45) is 1.97. The number of nitrogens with one attached hydrogen (secondary N) is 1. The average Bonchev–Trinajstić information content (AvgIpc) is 3.10. The lowest BCUT2D eigenvalue weighted by molar-refractivity contribution is 0.116. The average molecular weight is 379 g/mol. The van der Waals surface area contributed by atoms with Crippen LogP contribution in [-0.2, 0) is 5.54 Å². The van der Waals surface area contributed by atoms with Crippen molar-refractivity contribution in [3.8, 4) is 11.5 Å². The number of rotatable bonds is 5. The standard InChI is InChI=1S/C17H13F4N5O/c18-10-2-3-11(12(19)6-10)17(4-1-5-17)24-16-22-7-9(8-23-16)14-25-26-15(27-14)13(20)21/h2-3,6-8,13H,1,4-5H2,(H,22,23,24). The lowest BCUT2D eigenvalue weighted by atomic mass is 9.71. The molecule has 0 unspecified atom stereocenters. The van der Waals surface area contributed by atoms with Crippen LogP contribution in [0.2, 0.25) is 0 Å². The summed E-state index contributed by atoms with van der Waals surface area (Å²) in [5, 5.41) is 9.87. The van der Waals surface area contributed by atoms with Gasteiger partial charge in [0.05, 0.1) is 11.1 Å². The highest BCUT2D eigenvalue weighted by molar-refractivity contribution is 5.51. The lowest BCUT2D eigenvalue weighted by Gasteiger charge is -2.43. The molecule has 140 valence electrons. The van der Waals surface area contributed by atoms with E-state index in [0.717, 1.165) is 12.5 Å². The van der Waals surface area contributed by atoms with Crippen LogP contribution in [0.25, 0.3) is 11.5 Å². The van der Waals surface area contributed by atoms with E-state index in [1.807, 2.05) is 0 Å². The van der Waals surface area contributed by atoms with Gasteiger partial charge in [-0.2, -0.15) is 8.78 Å². The summed E-state index contributed by atoms with van der Waals surface area (Å²) in [5.74, 6) is -1.97. The predicted octanol–water partition coefficient (Wildman–Crippen LogP) is 4.23. The molecule has 0 saturated heterocycles. The fraction of sp³-hybridized carbons (Fsp3) is 0.294. The number of benzene rings is 1. The molecule has 0 aliphatic heterocycles. The predicted molar refractivity (Wildman–Crippen MR) is 85.8 cm³/mol. The third-order valence-corrected chi connectivity index (χ3v) is 4.53. The van der Waals surface area contributed by atoms with Crippen LogP contribution in [0, 0.1) is 11.6 Å². The van der Waals surface area contributed by atoms with Gasteiger partial charge in [0.1, 0.15) is 11.6 Å². The van der Waals surface area contributed by atoms with Gasteiger partial charge < -0.3 is 9.73 Å². The van der Waals surface area contributed by atoms with Gasteiger partial charge in [-0.3, -0.25) is 0 Å². The zero-order valence-corrected chi connectivity index (χ0v) is 13.8. The third kappa shape index (κ3) is 3.22. The molecule has 0 spiro atoms. The Morgan fingerprint density at radius 3 is 2.37 bits per heavy atom. The molecule has 27 heavy (non-hydrogen) atoms. The normalized spacial score (nSPS) is 15.6. The maximum Gasteiger partial charge on any atom is 0.314 e. The van der Waals surface area contributed by atoms with Gasteiger partial charge in [0.2, 0.25) is 5.95 Å². The summed E-state index contributed by atoms with van der Waals surface area (Å²) in [6.45, 7) is 0. The molecule has 1 N–H and O–H groups in total. The highest BCUT2D eigenvalue weighted by Gasteiger charge is 2.41. The molecule has 2 heterocycles. The molecule has 1 fully saturated rings. The van der Waals surface area contributed by atoms with Gasteiger partial charge in [-0.25, -0.2) is 18.7 Å². The second kappa shape index (κ2) is 6.60. The molecule has 1 aromatic carbocycles. The highest BCUT2D eigenvalue weighted by Crippen LogP contribution is 2.44. The Labute approximate surface area is 150 Å². The van der Waals surface area contributed by atoms with Crippen LogP contribution in [0.5, 0.6) is 0 Å². The molecular weight excluding hydrogens is 366 g/mol. The summed E-state index contributed by atoms with van der Waals surface area (Å²) < 4.78 is 57.3. The minimum absolute atomic E-state index is 0.125. The van der Waals surface area contributed by atoms with Crippen LogP contribution >= 0.6 is 0 Å². The third-order valence-electron chi connectivity index (χ3n) is 4.53. The smallest absolute Gasteiger partial charge is 0.314 e. The Bertz CT molecular complexity index is 956. The highest BCUT2D eigenvalue weighted by atomic mass is 19.3. The van der Waals surface area contributed by atoms with Crippen LogP contribution in [0.1, 0.15) is 37.1 Å². The summed E-state index contributed by atoms with van der Waals surface area (Å²) in [6, 6.07) is 3.47. The van der Waals surface area contributed by atoms with Crippen molar-refractivity contribution >= 4 is 5.95 Å². The summed E-state index contributed by atoms with van der Waals surface area (Å²) in [5.41, 5.74) is -0.0935. The summed E-state index contributed by atoms with van der Waals surface area (Å²) in [7, 11) is 0. The molecule has 10 heteroatoms. The van der Waals surface area contributed by atoms with Crippen LogP contribution in [-0.4, -0.2) is 20.2 Å². The molecule has 6 nitrogen and oxygen atoms in total. The van der Waals surface area contributed by atoms with Gasteiger partial charge in [0.15, 0.2) is 0 Å². The minimum Gasteiger partial charge on any atom is -0.415 e. The monoisotopic (exact) mass is 379 g/mol. The summed E-state index contributed by atoms with van der Waals surface area (Å²) in [4.78, 5) is 8.23. The largest absolute Gasteiger partial charge is 0.415 e. The van der Waals surface area contributed by atoms with Crippen molar-refractivity contribution in [2.75, 3.05) is 5.32 Å². The van der Waals surface area contributed by atoms with E-state index in [-0.39, 0.29) is 17.4 Å². The van der Waals surface area contributed by atoms with Crippen molar-refractivity contribution in [2.24, 2.45) is 0 Å². The number of anilines is 1. The number of alkyl halides is 2. The molecule has 3 aromatic rings. The second-order valence-electron chi connectivity index (χ2n) is 6.23. The fourth-order valence-corrected chi connectivity index (χ4v) is 3.03. The SMILES string of the molecule is Fc1ccc(C2(Nc3ncc(-c4nnc(C(F)F)o4)cn3)CCC2)c(F)c1. The first kappa shape index (κ1) is 17.4. The van der Waals surface area contributed by atoms with Crippen molar-refractivity contribution in [3.63, 3.8) is 0 Å². The van der Waals surface area contributed by atoms with Gasteiger partial charge in [-0.15, -0.1) is 10.2 Å². The van der Waals surface area contributed by atoms with E-state index in [1.165, 1.54) is 24.5 Å². The molecule has 4 rings (SSSR count). The van der Waals surface area contributed by atoms with Crippen LogP contribution in [0.3, 0.4) is 0 Å². The van der Waals surface area contributed by atoms with Gasteiger partial charge in [-0.05, 0) is 25.3 Å². The van der Waals surface area contributed by atoms with Gasteiger partial charge >= 0.3 is 6.43 Å². The molecule has 0 atom stereocenters. The van der Waals surface area contributed by atoms with E-state index in [4.69, 9.17) is 4.42 Å². The van der Waals surface area contributed by atoms with Crippen LogP contribution < -0.4 is 5.32 Å². The van der Waals surface area contributed by atoms with Gasteiger partial charge in [0, 0.05) is 24.0 Å². The molecule has 2 aromatic heterocycles. The van der Waals surface area contributed by atoms with E-state index < -0.39 is 29.5 Å². The number of aromatic nitrogens is 4. The first-order valence-electron chi connectivity index (χ1n) is 8.14. The van der Waals surface area contributed by atoms with E-state index in [9.17, 15) is 17.6 Å². The van der Waals surface area contributed by atoms with E-state index in [1.54, 1.807) is 0 Å². The van der Waals surface area contributed by atoms with Crippen molar-refractivity contribution in [3.05, 3.63) is 53.7 Å². The molecule has 0 amide bonds. The first-order chi connectivity index (χ1) is 13.0. The van der Waals surface area contributed by atoms with Crippen molar-refractivity contribution < 1.29 is 22.0 Å². The van der Waals surface area contributed by atoms with Crippen molar-refractivity contribution in [1.29, 1.82) is 0 Å². The Hall–Kier alpha value is -3.04. The molecule has 1 saturated carbocycles. The van der Waals surface area contributed by atoms with Crippen LogP contribution in [0.15, 0.2) is 35.0 Å². The lowest BCUT2D eigenvalue weighted by Crippen LogP contribution is -2.43. The maximum absolute atomic E-state index is 14.2. The Morgan fingerprint density at radius 1 is 1.07 bits per heavy atom. The quantitative estimate of drug-likeness (QED) is 0.669. The summed E-state index contributed by atoms with van der Waals surface area (Å²) >= 11 is 0. The van der Waals surface area contributed by atoms with Crippen molar-refractivity contribution in [1.82, 2.24) is 20.2 Å². The van der Waals surface area contributed by atoms with E-state index in [2.05, 4.69) is 25.5 Å². The molecule has 0 radical (unpaired) electrons. The molecular formula is C17H13F4N5O. The second-order valence-corrected chi connectivity index (χ2v) is 6.23. The van der Waals surface area contributed by atoms with E-state index in [0.29, 0.717) is 18.4 Å². The number of hydrogen-bond acceptors (Lipinski definition) is 6. The topological polar surface area (TPSA) is 76.7 Å². The number of hydrogen-bond donors (Lipinski definition) is 1. The van der Waals surface area contributed by atoms with E-state index >= 15 is 0 Å².